The van der Waals surface area contributed by atoms with Crippen molar-refractivity contribution < 1.29 is 9.53 Å². The number of hydrogen-bond acceptors (Lipinski definition) is 5. The quantitative estimate of drug-likeness (QED) is 0.899. The first kappa shape index (κ1) is 14.7. The lowest BCUT2D eigenvalue weighted by atomic mass is 10.0. The van der Waals surface area contributed by atoms with E-state index in [1.54, 1.807) is 17.2 Å². The van der Waals surface area contributed by atoms with Crippen molar-refractivity contribution in [3.8, 4) is 0 Å². The van der Waals surface area contributed by atoms with Crippen molar-refractivity contribution in [3.05, 3.63) is 30.4 Å². The van der Waals surface area contributed by atoms with E-state index in [4.69, 9.17) is 4.74 Å². The van der Waals surface area contributed by atoms with Crippen LogP contribution in [0.25, 0.3) is 0 Å². The first-order chi connectivity index (χ1) is 10.5. The van der Waals surface area contributed by atoms with Crippen LogP contribution in [-0.4, -0.2) is 55.3 Å². The number of carbonyl (C=O) groups is 1. The van der Waals surface area contributed by atoms with E-state index in [1.165, 1.54) is 6.33 Å². The maximum atomic E-state index is 13.0. The number of aromatic nitrogens is 5. The molecule has 22 heavy (non-hydrogen) atoms. The Bertz CT molecular complexity index is 648. The van der Waals surface area contributed by atoms with E-state index in [0.717, 1.165) is 11.5 Å². The Morgan fingerprint density at radius 1 is 1.50 bits per heavy atom. The number of nitrogens with one attached hydrogen (secondary N) is 1. The molecule has 1 saturated heterocycles. The molecule has 2 aromatic rings. The third kappa shape index (κ3) is 2.50. The molecular formula is C14H20N6O2. The molecule has 0 radical (unpaired) electrons. The molecule has 1 aliphatic heterocycles. The number of carbonyl (C=O) groups excluding carboxylic acids is 1. The van der Waals surface area contributed by atoms with Gasteiger partial charge in [-0.05, 0) is 20.8 Å². The molecular weight excluding hydrogens is 284 g/mol. The van der Waals surface area contributed by atoms with E-state index < -0.39 is 5.54 Å². The van der Waals surface area contributed by atoms with Crippen LogP contribution in [0.4, 0.5) is 0 Å². The number of H-pyrrole nitrogens is 1. The Morgan fingerprint density at radius 3 is 2.95 bits per heavy atom. The summed E-state index contributed by atoms with van der Waals surface area (Å²) < 4.78 is 7.12. The first-order valence-electron chi connectivity index (χ1n) is 7.25. The van der Waals surface area contributed by atoms with Gasteiger partial charge >= 0.3 is 0 Å². The van der Waals surface area contributed by atoms with E-state index >= 15 is 0 Å². The zero-order valence-corrected chi connectivity index (χ0v) is 13.0. The summed E-state index contributed by atoms with van der Waals surface area (Å²) in [7, 11) is 0. The van der Waals surface area contributed by atoms with Crippen LogP contribution in [0, 0.1) is 6.92 Å². The summed E-state index contributed by atoms with van der Waals surface area (Å²) in [5.41, 5.74) is 0.150. The lowest BCUT2D eigenvalue weighted by Gasteiger charge is -2.39. The molecule has 3 rings (SSSR count). The van der Waals surface area contributed by atoms with Crippen molar-refractivity contribution in [3.63, 3.8) is 0 Å². The third-order valence-electron chi connectivity index (χ3n) is 3.94. The number of aryl methyl sites for hydroxylation is 1. The molecule has 118 valence electrons. The summed E-state index contributed by atoms with van der Waals surface area (Å²) in [4.78, 5) is 26.3. The minimum Gasteiger partial charge on any atom is -0.377 e. The molecule has 8 nitrogen and oxygen atoms in total. The highest BCUT2D eigenvalue weighted by molar-refractivity contribution is 5.84. The Balaban J connectivity index is 1.89. The molecule has 0 aromatic carbocycles. The van der Waals surface area contributed by atoms with Crippen LogP contribution in [0.3, 0.4) is 0 Å². The normalized spacial score (nSPS) is 19.4. The summed E-state index contributed by atoms with van der Waals surface area (Å²) in [6.07, 6.45) is 4.75. The highest BCUT2D eigenvalue weighted by atomic mass is 16.5. The molecule has 0 saturated carbocycles. The average Bonchev–Trinajstić information content (AvgIpc) is 3.18. The number of imidazole rings is 1. The summed E-state index contributed by atoms with van der Waals surface area (Å²) in [6.45, 7) is 7.10. The van der Waals surface area contributed by atoms with E-state index in [2.05, 4.69) is 20.1 Å². The van der Waals surface area contributed by atoms with Crippen LogP contribution in [0.2, 0.25) is 0 Å². The Kier molecular flexibility index (Phi) is 3.69. The topological polar surface area (TPSA) is 88.9 Å². The van der Waals surface area contributed by atoms with Gasteiger partial charge in [-0.25, -0.2) is 14.6 Å². The Morgan fingerprint density at radius 2 is 2.32 bits per heavy atom. The average molecular weight is 304 g/mol. The highest BCUT2D eigenvalue weighted by Crippen LogP contribution is 2.27. The van der Waals surface area contributed by atoms with E-state index in [1.807, 2.05) is 25.7 Å². The van der Waals surface area contributed by atoms with Gasteiger partial charge in [0.1, 0.15) is 30.1 Å². The monoisotopic (exact) mass is 304 g/mol. The summed E-state index contributed by atoms with van der Waals surface area (Å²) in [5, 5.41) is 4.11. The van der Waals surface area contributed by atoms with Crippen molar-refractivity contribution >= 4 is 5.91 Å². The lowest BCUT2D eigenvalue weighted by molar-refractivity contribution is -0.149. The fourth-order valence-electron chi connectivity index (χ4n) is 2.62. The number of morpholine rings is 1. The van der Waals surface area contributed by atoms with Crippen LogP contribution in [0.15, 0.2) is 18.9 Å². The van der Waals surface area contributed by atoms with Gasteiger partial charge in [0, 0.05) is 18.4 Å². The van der Waals surface area contributed by atoms with Crippen LogP contribution < -0.4 is 0 Å². The SMILES string of the molecule is Cc1cnc([C@@H]2COCCN2C(=O)C(C)(C)n2cncn2)[nH]1. The van der Waals surface area contributed by atoms with Gasteiger partial charge in [-0.15, -0.1) is 0 Å². The second-order valence-corrected chi connectivity index (χ2v) is 5.94. The molecule has 1 aliphatic rings. The van der Waals surface area contributed by atoms with Crippen LogP contribution in [0.1, 0.15) is 31.4 Å². The predicted octanol–water partition coefficient (Wildman–Crippen LogP) is 0.645. The van der Waals surface area contributed by atoms with Crippen LogP contribution in [-0.2, 0) is 15.1 Å². The lowest BCUT2D eigenvalue weighted by Crippen LogP contribution is -2.52. The van der Waals surface area contributed by atoms with Gasteiger partial charge in [-0.1, -0.05) is 0 Å². The molecule has 2 aromatic heterocycles. The van der Waals surface area contributed by atoms with E-state index in [9.17, 15) is 4.79 Å². The van der Waals surface area contributed by atoms with Crippen molar-refractivity contribution in [1.82, 2.24) is 29.6 Å². The Labute approximate surface area is 128 Å². The molecule has 3 heterocycles. The zero-order chi connectivity index (χ0) is 15.7. The highest BCUT2D eigenvalue weighted by Gasteiger charge is 2.40. The molecule has 1 atom stereocenters. The zero-order valence-electron chi connectivity index (χ0n) is 13.0. The summed E-state index contributed by atoms with van der Waals surface area (Å²) in [6, 6.07) is -0.210. The number of ether oxygens (including phenoxy) is 1. The number of aromatic amines is 1. The fourth-order valence-corrected chi connectivity index (χ4v) is 2.62. The number of hydrogen-bond donors (Lipinski definition) is 1. The number of amides is 1. The van der Waals surface area contributed by atoms with Gasteiger partial charge in [0.2, 0.25) is 0 Å². The molecule has 0 bridgehead atoms. The van der Waals surface area contributed by atoms with Crippen LogP contribution in [0.5, 0.6) is 0 Å². The molecule has 8 heteroatoms. The smallest absolute Gasteiger partial charge is 0.250 e. The van der Waals surface area contributed by atoms with Gasteiger partial charge in [-0.2, -0.15) is 5.10 Å². The molecule has 0 unspecified atom stereocenters. The summed E-state index contributed by atoms with van der Waals surface area (Å²) in [5.74, 6) is 0.722. The molecule has 0 aliphatic carbocycles. The Hall–Kier alpha value is -2.22. The van der Waals surface area contributed by atoms with Crippen molar-refractivity contribution in [2.45, 2.75) is 32.4 Å². The van der Waals surface area contributed by atoms with Gasteiger partial charge < -0.3 is 14.6 Å². The number of rotatable bonds is 3. The van der Waals surface area contributed by atoms with Crippen molar-refractivity contribution in [2.24, 2.45) is 0 Å². The molecule has 0 spiro atoms. The maximum Gasteiger partial charge on any atom is 0.250 e. The van der Waals surface area contributed by atoms with Crippen LogP contribution >= 0.6 is 0 Å². The van der Waals surface area contributed by atoms with Gasteiger partial charge in [0.15, 0.2) is 0 Å². The van der Waals surface area contributed by atoms with E-state index in [-0.39, 0.29) is 11.9 Å². The predicted molar refractivity (Wildman–Crippen MR) is 77.9 cm³/mol. The molecule has 1 fully saturated rings. The maximum absolute atomic E-state index is 13.0. The first-order valence-corrected chi connectivity index (χ1v) is 7.25. The second-order valence-electron chi connectivity index (χ2n) is 5.94. The third-order valence-corrected chi connectivity index (χ3v) is 3.94. The van der Waals surface area contributed by atoms with Crippen molar-refractivity contribution in [1.29, 1.82) is 0 Å². The fraction of sp³-hybridized carbons (Fsp3) is 0.571. The van der Waals surface area contributed by atoms with Gasteiger partial charge in [0.05, 0.1) is 13.2 Å². The van der Waals surface area contributed by atoms with Gasteiger partial charge in [-0.3, -0.25) is 4.79 Å². The number of nitrogens with zero attached hydrogens (tertiary/aromatic N) is 5. The van der Waals surface area contributed by atoms with Gasteiger partial charge in [0.25, 0.3) is 5.91 Å². The van der Waals surface area contributed by atoms with E-state index in [0.29, 0.717) is 19.8 Å². The standard InChI is InChI=1S/C14H20N6O2/c1-10-6-16-12(18-10)11-7-22-5-4-19(11)13(21)14(2,3)20-9-15-8-17-20/h6,8-9,11H,4-5,7H2,1-3H3,(H,16,18)/t11-/m0/s1. The molecule has 1 amide bonds. The second kappa shape index (κ2) is 5.53. The van der Waals surface area contributed by atoms with Crippen molar-refractivity contribution in [2.75, 3.05) is 19.8 Å². The minimum absolute atomic E-state index is 0.0275. The minimum atomic E-state index is -0.812. The summed E-state index contributed by atoms with van der Waals surface area (Å²) >= 11 is 0. The largest absolute Gasteiger partial charge is 0.377 e. The molecule has 1 N–H and O–H groups in total.